The third-order valence-corrected chi connectivity index (χ3v) is 6.38. The molecule has 0 amide bonds. The Balaban J connectivity index is 1.45. The molecule has 0 atom stereocenters. The van der Waals surface area contributed by atoms with Gasteiger partial charge in [-0.25, -0.2) is 0 Å². The number of rotatable bonds is 8. The largest absolute Gasteiger partial charge is 0.508 e. The number of aliphatic imine (C=N–C) groups is 1. The summed E-state index contributed by atoms with van der Waals surface area (Å²) < 4.78 is 12.2. The van der Waals surface area contributed by atoms with Crippen LogP contribution in [-0.2, 0) is 6.54 Å². The average molecular weight is 502 g/mol. The Labute approximate surface area is 215 Å². The third kappa shape index (κ3) is 5.97. The van der Waals surface area contributed by atoms with Gasteiger partial charge in [-0.15, -0.1) is 0 Å². The van der Waals surface area contributed by atoms with E-state index >= 15 is 0 Å². The van der Waals surface area contributed by atoms with Gasteiger partial charge in [0.15, 0.2) is 0 Å². The van der Waals surface area contributed by atoms with E-state index < -0.39 is 0 Å². The summed E-state index contributed by atoms with van der Waals surface area (Å²) in [5.74, 6) is 2.74. The Hall–Kier alpha value is -4.18. The van der Waals surface area contributed by atoms with E-state index in [1.54, 1.807) is 6.07 Å². The molecule has 0 bridgehead atoms. The molecule has 0 unspecified atom stereocenters. The topological polar surface area (TPSA) is 133 Å². The molecule has 5 rings (SSSR count). The van der Waals surface area contributed by atoms with Crippen molar-refractivity contribution in [2.75, 3.05) is 33.2 Å². The van der Waals surface area contributed by atoms with E-state index in [9.17, 15) is 5.11 Å². The molecule has 0 aliphatic carbocycles. The summed E-state index contributed by atoms with van der Waals surface area (Å²) in [6.07, 6.45) is 3.53. The lowest BCUT2D eigenvalue weighted by atomic mass is 10.1. The first kappa shape index (κ1) is 24.5. The van der Waals surface area contributed by atoms with Gasteiger partial charge >= 0.3 is 0 Å². The van der Waals surface area contributed by atoms with Crippen LogP contribution in [-0.4, -0.2) is 69.8 Å². The van der Waals surface area contributed by atoms with Crippen LogP contribution >= 0.6 is 0 Å². The molecule has 2 aromatic carbocycles. The third-order valence-electron chi connectivity index (χ3n) is 6.38. The van der Waals surface area contributed by atoms with Crippen molar-refractivity contribution in [2.24, 2.45) is 10.7 Å². The zero-order valence-corrected chi connectivity index (χ0v) is 20.9. The van der Waals surface area contributed by atoms with E-state index in [2.05, 4.69) is 24.8 Å². The number of nitrogen functional groups attached to an aromatic ring is 1. The number of likely N-dealkylation sites (N-methyl/N-ethyl adjacent to an activating group) is 1. The van der Waals surface area contributed by atoms with Crippen molar-refractivity contribution in [2.45, 2.75) is 25.8 Å². The van der Waals surface area contributed by atoms with Gasteiger partial charge in [0, 0.05) is 25.2 Å². The van der Waals surface area contributed by atoms with Crippen molar-refractivity contribution in [1.29, 1.82) is 5.41 Å². The molecule has 4 N–H and O–H groups in total. The Morgan fingerprint density at radius 2 is 1.78 bits per heavy atom. The van der Waals surface area contributed by atoms with Crippen LogP contribution in [0.25, 0.3) is 0 Å². The quantitative estimate of drug-likeness (QED) is 0.314. The smallest absolute Gasteiger partial charge is 0.226 e. The van der Waals surface area contributed by atoms with Gasteiger partial charge in [-0.2, -0.15) is 9.97 Å². The van der Waals surface area contributed by atoms with Gasteiger partial charge in [0.1, 0.15) is 34.7 Å². The zero-order chi connectivity index (χ0) is 25.8. The number of nitrogens with one attached hydrogen (secondary N) is 1. The maximum absolute atomic E-state index is 9.98. The number of likely N-dealkylation sites (tertiary alicyclic amines) is 1. The van der Waals surface area contributed by atoms with Crippen LogP contribution in [0.5, 0.6) is 29.0 Å². The molecule has 0 spiro atoms. The van der Waals surface area contributed by atoms with Crippen molar-refractivity contribution in [3.8, 4) is 29.0 Å². The summed E-state index contributed by atoms with van der Waals surface area (Å²) in [7, 11) is 2.02. The molecule has 3 heterocycles. The maximum atomic E-state index is 9.98. The minimum Gasteiger partial charge on any atom is -0.508 e. The second kappa shape index (κ2) is 10.8. The fraction of sp³-hybridized carbons (Fsp3) is 0.333. The van der Waals surface area contributed by atoms with Gasteiger partial charge in [-0.1, -0.05) is 18.6 Å². The molecular formula is C27H31N7O3. The monoisotopic (exact) mass is 501 g/mol. The van der Waals surface area contributed by atoms with Gasteiger partial charge in [0.05, 0.1) is 24.7 Å². The fourth-order valence-electron chi connectivity index (χ4n) is 4.54. The minimum atomic E-state index is -0.175. The number of phenolic OH excluding ortho intramolecular Hbond substituents is 1. The van der Waals surface area contributed by atoms with Crippen molar-refractivity contribution < 1.29 is 14.6 Å². The predicted octanol–water partition coefficient (Wildman–Crippen LogP) is 3.73. The van der Waals surface area contributed by atoms with E-state index in [-0.39, 0.29) is 23.2 Å². The zero-order valence-electron chi connectivity index (χ0n) is 20.9. The SMILES string of the molecule is CN1CCN=C1c1cccc(Oc2cc(Oc3cc(O)ccc3C(=N)N)nc(CN3CCCCC3)n2)c1. The number of piperidine rings is 1. The molecule has 1 saturated heterocycles. The molecule has 10 heteroatoms. The molecule has 1 fully saturated rings. The lowest BCUT2D eigenvalue weighted by Crippen LogP contribution is -2.29. The van der Waals surface area contributed by atoms with E-state index in [0.29, 0.717) is 29.6 Å². The standard InChI is InChI=1S/C27H31N7O3/c1-33-13-10-30-27(33)18-6-5-7-20(14-18)36-24-16-25(32-23(31-24)17-34-11-3-2-4-12-34)37-22-15-19(35)8-9-21(22)26(28)29/h5-9,14-16,35H,2-4,10-13,17H2,1H3,(H3,28,29). The molecule has 0 saturated carbocycles. The van der Waals surface area contributed by atoms with Gasteiger partial charge < -0.3 is 25.2 Å². The highest BCUT2D eigenvalue weighted by atomic mass is 16.5. The highest BCUT2D eigenvalue weighted by molar-refractivity contribution is 6.00. The lowest BCUT2D eigenvalue weighted by molar-refractivity contribution is 0.214. The van der Waals surface area contributed by atoms with Crippen molar-refractivity contribution in [3.63, 3.8) is 0 Å². The van der Waals surface area contributed by atoms with Crippen molar-refractivity contribution in [1.82, 2.24) is 19.8 Å². The van der Waals surface area contributed by atoms with Crippen LogP contribution in [0.1, 0.15) is 36.2 Å². The molecule has 37 heavy (non-hydrogen) atoms. The molecule has 3 aromatic rings. The summed E-state index contributed by atoms with van der Waals surface area (Å²) >= 11 is 0. The van der Waals surface area contributed by atoms with E-state index in [1.807, 2.05) is 31.3 Å². The molecular weight excluding hydrogens is 470 g/mol. The summed E-state index contributed by atoms with van der Waals surface area (Å²) in [4.78, 5) is 18.3. The highest BCUT2D eigenvalue weighted by Gasteiger charge is 2.18. The van der Waals surface area contributed by atoms with Crippen molar-refractivity contribution >= 4 is 11.7 Å². The van der Waals surface area contributed by atoms with Crippen molar-refractivity contribution in [3.05, 3.63) is 65.5 Å². The number of aromatic nitrogens is 2. The van der Waals surface area contributed by atoms with Crippen LogP contribution in [0, 0.1) is 5.41 Å². The van der Waals surface area contributed by atoms with Crippen LogP contribution in [0.2, 0.25) is 0 Å². The molecule has 1 aromatic heterocycles. The van der Waals surface area contributed by atoms with Crippen LogP contribution < -0.4 is 15.2 Å². The van der Waals surface area contributed by atoms with Gasteiger partial charge in [-0.3, -0.25) is 15.3 Å². The van der Waals surface area contributed by atoms with Gasteiger partial charge in [0.25, 0.3) is 0 Å². The molecule has 0 radical (unpaired) electrons. The summed E-state index contributed by atoms with van der Waals surface area (Å²) in [5.41, 5.74) is 7.05. The first-order valence-corrected chi connectivity index (χ1v) is 12.4. The fourth-order valence-corrected chi connectivity index (χ4v) is 4.54. The number of ether oxygens (including phenoxy) is 2. The second-order valence-corrected chi connectivity index (χ2v) is 9.25. The number of hydrogen-bond acceptors (Lipinski definition) is 9. The summed E-state index contributed by atoms with van der Waals surface area (Å²) in [5, 5.41) is 17.8. The second-order valence-electron chi connectivity index (χ2n) is 9.25. The predicted molar refractivity (Wildman–Crippen MR) is 141 cm³/mol. The van der Waals surface area contributed by atoms with Crippen LogP contribution in [0.15, 0.2) is 53.5 Å². The first-order chi connectivity index (χ1) is 17.9. The number of hydrogen-bond donors (Lipinski definition) is 3. The van der Waals surface area contributed by atoms with E-state index in [4.69, 9.17) is 20.6 Å². The van der Waals surface area contributed by atoms with Gasteiger partial charge in [0.2, 0.25) is 11.8 Å². The maximum Gasteiger partial charge on any atom is 0.226 e. The number of nitrogens with two attached hydrogens (primary N) is 1. The Kier molecular flexibility index (Phi) is 7.18. The molecule has 2 aliphatic rings. The van der Waals surface area contributed by atoms with E-state index in [1.165, 1.54) is 24.6 Å². The minimum absolute atomic E-state index is 0.00400. The number of nitrogens with zero attached hydrogens (tertiary/aromatic N) is 5. The molecule has 10 nitrogen and oxygen atoms in total. The first-order valence-electron chi connectivity index (χ1n) is 12.4. The molecule has 2 aliphatic heterocycles. The van der Waals surface area contributed by atoms with Gasteiger partial charge in [-0.05, 0) is 50.2 Å². The summed E-state index contributed by atoms with van der Waals surface area (Å²) in [6.45, 7) is 4.21. The number of benzene rings is 2. The highest BCUT2D eigenvalue weighted by Crippen LogP contribution is 2.31. The normalized spacial score (nSPS) is 15.9. The average Bonchev–Trinajstić information content (AvgIpc) is 3.30. The number of aromatic hydroxyl groups is 1. The van der Waals surface area contributed by atoms with E-state index in [0.717, 1.165) is 50.4 Å². The summed E-state index contributed by atoms with van der Waals surface area (Å²) in [6, 6.07) is 13.7. The van der Waals surface area contributed by atoms with Crippen LogP contribution in [0.3, 0.4) is 0 Å². The lowest BCUT2D eigenvalue weighted by Gasteiger charge is -2.25. The Morgan fingerprint density at radius 1 is 1.00 bits per heavy atom. The van der Waals surface area contributed by atoms with Crippen LogP contribution in [0.4, 0.5) is 0 Å². The number of phenols is 1. The Morgan fingerprint density at radius 3 is 2.51 bits per heavy atom. The Bertz CT molecular complexity index is 1320. The molecule has 192 valence electrons. The number of amidine groups is 2.